The van der Waals surface area contributed by atoms with E-state index in [1.54, 1.807) is 0 Å². The number of hydrogen-bond donors (Lipinski definition) is 0. The molecule has 84 valence electrons. The van der Waals surface area contributed by atoms with Gasteiger partial charge in [-0.15, -0.1) is 0 Å². The Morgan fingerprint density at radius 2 is 1.62 bits per heavy atom. The first-order valence-corrected chi connectivity index (χ1v) is 5.28. The Morgan fingerprint density at radius 3 is 2.12 bits per heavy atom. The number of allylic oxidation sites excluding steroid dienone is 4. The van der Waals surface area contributed by atoms with E-state index in [4.69, 9.17) is 0 Å². The van der Waals surface area contributed by atoms with Crippen LogP contribution in [0.1, 0.15) is 12.0 Å². The molecule has 0 N–H and O–H groups in total. The van der Waals surface area contributed by atoms with Crippen molar-refractivity contribution in [2.75, 3.05) is 0 Å². The zero-order chi connectivity index (χ0) is 9.10. The maximum atomic E-state index is 2.32. The molecule has 1 aliphatic carbocycles. The first-order valence-electron chi connectivity index (χ1n) is 4.50. The summed E-state index contributed by atoms with van der Waals surface area (Å²) in [6.45, 7) is 0. The van der Waals surface area contributed by atoms with Crippen LogP contribution in [0.2, 0.25) is 0 Å². The third-order valence-electron chi connectivity index (χ3n) is 2.19. The van der Waals surface area contributed by atoms with Crippen molar-refractivity contribution in [3.05, 3.63) is 57.5 Å². The minimum atomic E-state index is 0. The van der Waals surface area contributed by atoms with Crippen LogP contribution in [-0.2, 0) is 26.9 Å². The van der Waals surface area contributed by atoms with Gasteiger partial charge in [0, 0.05) is 0 Å². The Labute approximate surface area is 127 Å². The molecule has 0 fully saturated rings. The zero-order valence-corrected chi connectivity index (χ0v) is 12.4. The Balaban J connectivity index is 0. The summed E-state index contributed by atoms with van der Waals surface area (Å²) in [4.78, 5) is 0. The predicted molar refractivity (Wildman–Crippen MR) is 50.9 cm³/mol. The van der Waals surface area contributed by atoms with Crippen LogP contribution in [0.4, 0.5) is 0 Å². The van der Waals surface area contributed by atoms with Crippen molar-refractivity contribution in [2.45, 2.75) is 12.8 Å². The van der Waals surface area contributed by atoms with Gasteiger partial charge < -0.3 is 37.2 Å². The molecule has 2 rings (SSSR count). The molecule has 0 aliphatic heterocycles. The minimum absolute atomic E-state index is 0. The Kier molecular flexibility index (Phi) is 10.9. The van der Waals surface area contributed by atoms with Crippen LogP contribution in [0.3, 0.4) is 0 Å². The second-order valence-corrected chi connectivity index (χ2v) is 4.32. The van der Waals surface area contributed by atoms with Gasteiger partial charge in [0.2, 0.25) is 0 Å². The molecule has 1 aromatic rings. The molecule has 0 heterocycles. The van der Waals surface area contributed by atoms with Gasteiger partial charge in [-0.25, -0.2) is 0 Å². The summed E-state index contributed by atoms with van der Waals surface area (Å²) in [5, 5.41) is 0. The van der Waals surface area contributed by atoms with Gasteiger partial charge in [0.15, 0.2) is 0 Å². The predicted octanol–water partition coefficient (Wildman–Crippen LogP) is -6.00. The summed E-state index contributed by atoms with van der Waals surface area (Å²) < 4.78 is 1.48. The van der Waals surface area contributed by atoms with Crippen molar-refractivity contribution in [3.63, 3.8) is 0 Å². The van der Waals surface area contributed by atoms with Gasteiger partial charge >= 0.3 is 90.8 Å². The van der Waals surface area contributed by atoms with Crippen LogP contribution in [-0.4, -0.2) is 0 Å². The van der Waals surface area contributed by atoms with Crippen LogP contribution in [0.25, 0.3) is 0 Å². The van der Waals surface area contributed by atoms with E-state index in [0.29, 0.717) is 0 Å². The fourth-order valence-electron chi connectivity index (χ4n) is 1.54. The first kappa shape index (κ1) is 18.6. The molecule has 0 saturated heterocycles. The fourth-order valence-corrected chi connectivity index (χ4v) is 1.99. The Hall–Kier alpha value is 0.284. The molecule has 16 heavy (non-hydrogen) atoms. The van der Waals surface area contributed by atoms with Crippen molar-refractivity contribution in [3.8, 4) is 0 Å². The van der Waals surface area contributed by atoms with Crippen LogP contribution >= 0.6 is 0 Å². The molecule has 0 saturated carbocycles. The van der Waals surface area contributed by atoms with Gasteiger partial charge in [0.1, 0.15) is 0 Å². The van der Waals surface area contributed by atoms with Crippen LogP contribution < -0.4 is 37.2 Å². The van der Waals surface area contributed by atoms with E-state index in [1.165, 1.54) is 15.0 Å². The van der Waals surface area contributed by atoms with Gasteiger partial charge in [-0.3, -0.25) is 0 Å². The standard InChI is InChI=1S/C12H11.3ClH.Ti/c1-2-6-11(7-3-1)10-12-8-4-5-9-12;;;;/h1-3,6-9H,4,10H2;3*1H;/q;;;;+3/p-3. The summed E-state index contributed by atoms with van der Waals surface area (Å²) in [6.07, 6.45) is 6.84. The van der Waals surface area contributed by atoms with E-state index < -0.39 is 0 Å². The molecule has 0 aromatic heterocycles. The van der Waals surface area contributed by atoms with Crippen molar-refractivity contribution >= 4 is 0 Å². The van der Waals surface area contributed by atoms with E-state index in [1.807, 2.05) is 0 Å². The number of halogens is 3. The van der Waals surface area contributed by atoms with Crippen molar-refractivity contribution in [2.24, 2.45) is 0 Å². The monoisotopic (exact) mass is 308 g/mol. The van der Waals surface area contributed by atoms with Crippen LogP contribution in [0, 0.1) is 0 Å². The molecule has 0 atom stereocenters. The molecule has 0 unspecified atom stereocenters. The Morgan fingerprint density at radius 1 is 1.00 bits per heavy atom. The number of hydrogen-bond acceptors (Lipinski definition) is 0. The van der Waals surface area contributed by atoms with Crippen molar-refractivity contribution in [1.29, 1.82) is 0 Å². The van der Waals surface area contributed by atoms with Crippen LogP contribution in [0.5, 0.6) is 0 Å². The van der Waals surface area contributed by atoms with Gasteiger partial charge in [0.25, 0.3) is 0 Å². The average molecular weight is 309 g/mol. The third-order valence-corrected chi connectivity index (χ3v) is 2.74. The zero-order valence-electron chi connectivity index (χ0n) is 8.59. The quantitative estimate of drug-likeness (QED) is 0.477. The molecule has 0 radical (unpaired) electrons. The van der Waals surface area contributed by atoms with E-state index in [0.717, 1.165) is 12.8 Å². The molecule has 0 spiro atoms. The molecule has 1 aromatic carbocycles. The molecule has 0 nitrogen and oxygen atoms in total. The van der Waals surface area contributed by atoms with Crippen molar-refractivity contribution < 1.29 is 57.7 Å². The molecule has 1 aliphatic rings. The summed E-state index contributed by atoms with van der Waals surface area (Å²) in [5.74, 6) is 0. The van der Waals surface area contributed by atoms with Crippen LogP contribution in [0.15, 0.2) is 51.9 Å². The van der Waals surface area contributed by atoms with E-state index in [-0.39, 0.29) is 37.2 Å². The second-order valence-electron chi connectivity index (χ2n) is 3.32. The van der Waals surface area contributed by atoms with Gasteiger partial charge in [-0.2, -0.15) is 0 Å². The average Bonchev–Trinajstić information content (AvgIpc) is 2.53. The normalized spacial score (nSPS) is 12.6. The van der Waals surface area contributed by atoms with Gasteiger partial charge in [0.05, 0.1) is 0 Å². The van der Waals surface area contributed by atoms with Gasteiger partial charge in [-0.05, 0) is 0 Å². The summed E-state index contributed by atoms with van der Waals surface area (Å²) in [5.41, 5.74) is 2.86. The van der Waals surface area contributed by atoms with E-state index >= 15 is 0 Å². The SMILES string of the molecule is [Cl-].[Cl-].[Cl-].[Ti+3][C]1=CC(Cc2ccccc2)=CC1. The molecule has 0 amide bonds. The van der Waals surface area contributed by atoms with Crippen molar-refractivity contribution in [1.82, 2.24) is 0 Å². The van der Waals surface area contributed by atoms with E-state index in [2.05, 4.69) is 62.9 Å². The molecule has 0 bridgehead atoms. The maximum absolute atomic E-state index is 2.32. The summed E-state index contributed by atoms with van der Waals surface area (Å²) in [7, 11) is 0. The Bertz CT molecular complexity index is 358. The summed E-state index contributed by atoms with van der Waals surface area (Å²) in [6, 6.07) is 10.6. The molecular weight excluding hydrogens is 298 g/mol. The molecule has 4 heteroatoms. The fraction of sp³-hybridized carbons (Fsp3) is 0.167. The molecular formula is C12H11Cl3Ti. The first-order chi connectivity index (χ1) is 6.34. The number of benzene rings is 1. The summed E-state index contributed by atoms with van der Waals surface area (Å²) >= 11 is 2.19. The topological polar surface area (TPSA) is 0 Å². The third kappa shape index (κ3) is 5.56. The second kappa shape index (κ2) is 9.33. The van der Waals surface area contributed by atoms with E-state index in [9.17, 15) is 0 Å². The van der Waals surface area contributed by atoms with Gasteiger partial charge in [-0.1, -0.05) is 0 Å². The number of rotatable bonds is 2.